The maximum Gasteiger partial charge on any atom is 0.161 e. The van der Waals surface area contributed by atoms with E-state index in [0.29, 0.717) is 0 Å². The molecule has 0 saturated carbocycles. The van der Waals surface area contributed by atoms with Gasteiger partial charge in [0.25, 0.3) is 0 Å². The number of hydrogen-bond donors (Lipinski definition) is 1. The Balaban J connectivity index is 2.29. The molecule has 0 aliphatic carbocycles. The van der Waals surface area contributed by atoms with Crippen molar-refractivity contribution in [2.75, 3.05) is 11.9 Å². The summed E-state index contributed by atoms with van der Waals surface area (Å²) in [4.78, 5) is 9.09. The largest absolute Gasteiger partial charge is 0.370 e. The van der Waals surface area contributed by atoms with Crippen molar-refractivity contribution in [3.8, 4) is 11.4 Å². The SMILES string of the molecule is CCCNc1cc(C)nc(-c2ccc(CC)cc2)n1. The van der Waals surface area contributed by atoms with Crippen molar-refractivity contribution in [1.82, 2.24) is 9.97 Å². The lowest BCUT2D eigenvalue weighted by Crippen LogP contribution is -2.04. The van der Waals surface area contributed by atoms with Crippen LogP contribution in [0.25, 0.3) is 11.4 Å². The van der Waals surface area contributed by atoms with Crippen LogP contribution in [0.15, 0.2) is 30.3 Å². The van der Waals surface area contributed by atoms with Gasteiger partial charge in [-0.25, -0.2) is 9.97 Å². The van der Waals surface area contributed by atoms with Crippen LogP contribution in [-0.2, 0) is 6.42 Å². The van der Waals surface area contributed by atoms with Gasteiger partial charge in [-0.05, 0) is 25.3 Å². The first kappa shape index (κ1) is 13.5. The molecule has 1 aromatic heterocycles. The Hall–Kier alpha value is -1.90. The lowest BCUT2D eigenvalue weighted by molar-refractivity contribution is 0.962. The Labute approximate surface area is 115 Å². The molecule has 1 N–H and O–H groups in total. The average molecular weight is 255 g/mol. The summed E-state index contributed by atoms with van der Waals surface area (Å²) in [7, 11) is 0. The highest BCUT2D eigenvalue weighted by Crippen LogP contribution is 2.18. The van der Waals surface area contributed by atoms with E-state index >= 15 is 0 Å². The van der Waals surface area contributed by atoms with Crippen LogP contribution in [0.1, 0.15) is 31.5 Å². The summed E-state index contributed by atoms with van der Waals surface area (Å²) in [5.41, 5.74) is 3.39. The first-order valence-electron chi connectivity index (χ1n) is 6.91. The molecular weight excluding hydrogens is 234 g/mol. The minimum atomic E-state index is 0.793. The lowest BCUT2D eigenvalue weighted by atomic mass is 10.1. The van der Waals surface area contributed by atoms with Gasteiger partial charge in [0.05, 0.1) is 0 Å². The van der Waals surface area contributed by atoms with E-state index in [1.807, 2.05) is 13.0 Å². The first-order valence-corrected chi connectivity index (χ1v) is 6.91. The zero-order chi connectivity index (χ0) is 13.7. The van der Waals surface area contributed by atoms with E-state index in [2.05, 4.69) is 53.4 Å². The molecule has 0 saturated heterocycles. The van der Waals surface area contributed by atoms with Crippen LogP contribution in [0.3, 0.4) is 0 Å². The Morgan fingerprint density at radius 1 is 1.05 bits per heavy atom. The fourth-order valence-electron chi connectivity index (χ4n) is 1.93. The molecule has 100 valence electrons. The van der Waals surface area contributed by atoms with Crippen molar-refractivity contribution in [2.45, 2.75) is 33.6 Å². The van der Waals surface area contributed by atoms with Gasteiger partial charge in [-0.1, -0.05) is 38.1 Å². The molecule has 0 bridgehead atoms. The number of aryl methyl sites for hydroxylation is 2. The van der Waals surface area contributed by atoms with Crippen molar-refractivity contribution in [2.24, 2.45) is 0 Å². The van der Waals surface area contributed by atoms with E-state index < -0.39 is 0 Å². The van der Waals surface area contributed by atoms with Crippen molar-refractivity contribution in [3.63, 3.8) is 0 Å². The third-order valence-corrected chi connectivity index (χ3v) is 3.03. The number of nitrogens with one attached hydrogen (secondary N) is 1. The highest BCUT2D eigenvalue weighted by Gasteiger charge is 2.04. The zero-order valence-electron chi connectivity index (χ0n) is 11.9. The van der Waals surface area contributed by atoms with E-state index in [9.17, 15) is 0 Å². The number of aromatic nitrogens is 2. The molecule has 0 aliphatic rings. The summed E-state index contributed by atoms with van der Waals surface area (Å²) in [6, 6.07) is 10.5. The first-order chi connectivity index (χ1) is 9.22. The molecule has 0 spiro atoms. The van der Waals surface area contributed by atoms with Crippen LogP contribution in [0, 0.1) is 6.92 Å². The van der Waals surface area contributed by atoms with Gasteiger partial charge < -0.3 is 5.32 Å². The number of nitrogens with zero attached hydrogens (tertiary/aromatic N) is 2. The Kier molecular flexibility index (Phi) is 4.50. The number of hydrogen-bond acceptors (Lipinski definition) is 3. The maximum absolute atomic E-state index is 4.57. The molecule has 2 aromatic rings. The summed E-state index contributed by atoms with van der Waals surface area (Å²) < 4.78 is 0. The second-order valence-electron chi connectivity index (χ2n) is 4.70. The van der Waals surface area contributed by atoms with Crippen LogP contribution in [0.2, 0.25) is 0 Å². The summed E-state index contributed by atoms with van der Waals surface area (Å²) in [5.74, 6) is 1.70. The molecule has 0 amide bonds. The van der Waals surface area contributed by atoms with Crippen molar-refractivity contribution in [1.29, 1.82) is 0 Å². The van der Waals surface area contributed by atoms with E-state index in [0.717, 1.165) is 42.3 Å². The molecule has 0 atom stereocenters. The number of benzene rings is 1. The molecular formula is C16H21N3. The van der Waals surface area contributed by atoms with Gasteiger partial charge in [0.1, 0.15) is 5.82 Å². The predicted octanol–water partition coefficient (Wildman–Crippen LogP) is 3.84. The summed E-state index contributed by atoms with van der Waals surface area (Å²) in [6.45, 7) is 7.24. The summed E-state index contributed by atoms with van der Waals surface area (Å²) in [5, 5.41) is 3.32. The third kappa shape index (κ3) is 3.53. The molecule has 3 nitrogen and oxygen atoms in total. The summed E-state index contributed by atoms with van der Waals surface area (Å²) >= 11 is 0. The van der Waals surface area contributed by atoms with Crippen molar-refractivity contribution >= 4 is 5.82 Å². The monoisotopic (exact) mass is 255 g/mol. The number of anilines is 1. The minimum Gasteiger partial charge on any atom is -0.370 e. The molecule has 0 radical (unpaired) electrons. The Bertz CT molecular complexity index is 532. The molecule has 1 heterocycles. The topological polar surface area (TPSA) is 37.8 Å². The normalized spacial score (nSPS) is 10.5. The van der Waals surface area contributed by atoms with Gasteiger partial charge in [0, 0.05) is 23.9 Å². The van der Waals surface area contributed by atoms with Crippen molar-refractivity contribution < 1.29 is 0 Å². The van der Waals surface area contributed by atoms with Gasteiger partial charge in [-0.2, -0.15) is 0 Å². The van der Waals surface area contributed by atoms with E-state index in [1.54, 1.807) is 0 Å². The quantitative estimate of drug-likeness (QED) is 0.882. The van der Waals surface area contributed by atoms with Crippen LogP contribution < -0.4 is 5.32 Å². The van der Waals surface area contributed by atoms with Crippen LogP contribution in [-0.4, -0.2) is 16.5 Å². The maximum atomic E-state index is 4.57. The zero-order valence-corrected chi connectivity index (χ0v) is 11.9. The van der Waals surface area contributed by atoms with Gasteiger partial charge in [-0.15, -0.1) is 0 Å². The van der Waals surface area contributed by atoms with E-state index in [-0.39, 0.29) is 0 Å². The van der Waals surface area contributed by atoms with Crippen LogP contribution in [0.5, 0.6) is 0 Å². The Morgan fingerprint density at radius 2 is 1.79 bits per heavy atom. The Morgan fingerprint density at radius 3 is 2.42 bits per heavy atom. The van der Waals surface area contributed by atoms with E-state index in [1.165, 1.54) is 5.56 Å². The molecule has 3 heteroatoms. The minimum absolute atomic E-state index is 0.793. The molecule has 1 aromatic carbocycles. The fourth-order valence-corrected chi connectivity index (χ4v) is 1.93. The highest BCUT2D eigenvalue weighted by molar-refractivity contribution is 5.58. The van der Waals surface area contributed by atoms with E-state index in [4.69, 9.17) is 0 Å². The predicted molar refractivity (Wildman–Crippen MR) is 80.4 cm³/mol. The molecule has 2 rings (SSSR count). The van der Waals surface area contributed by atoms with Gasteiger partial charge in [0.15, 0.2) is 5.82 Å². The number of rotatable bonds is 5. The smallest absolute Gasteiger partial charge is 0.161 e. The fraction of sp³-hybridized carbons (Fsp3) is 0.375. The van der Waals surface area contributed by atoms with Gasteiger partial charge in [-0.3, -0.25) is 0 Å². The van der Waals surface area contributed by atoms with Gasteiger partial charge in [0.2, 0.25) is 0 Å². The third-order valence-electron chi connectivity index (χ3n) is 3.03. The second-order valence-corrected chi connectivity index (χ2v) is 4.70. The van der Waals surface area contributed by atoms with Gasteiger partial charge >= 0.3 is 0 Å². The highest BCUT2D eigenvalue weighted by atomic mass is 15.0. The standard InChI is InChI=1S/C16H21N3/c1-4-10-17-15-11-12(3)18-16(19-15)14-8-6-13(5-2)7-9-14/h6-9,11H,4-5,10H2,1-3H3,(H,17,18,19). The average Bonchev–Trinajstić information content (AvgIpc) is 2.44. The molecule has 0 fully saturated rings. The summed E-state index contributed by atoms with van der Waals surface area (Å²) in [6.07, 6.45) is 2.14. The van der Waals surface area contributed by atoms with Crippen LogP contribution in [0.4, 0.5) is 5.82 Å². The molecule has 19 heavy (non-hydrogen) atoms. The van der Waals surface area contributed by atoms with Crippen molar-refractivity contribution in [3.05, 3.63) is 41.6 Å². The second kappa shape index (κ2) is 6.32. The molecule has 0 aliphatic heterocycles. The lowest BCUT2D eigenvalue weighted by Gasteiger charge is -2.08. The van der Waals surface area contributed by atoms with Crippen LogP contribution >= 0.6 is 0 Å². The molecule has 0 unspecified atom stereocenters.